The molecule has 13 heavy (non-hydrogen) atoms. The van der Waals surface area contributed by atoms with Gasteiger partial charge in [0.05, 0.1) is 6.42 Å². The van der Waals surface area contributed by atoms with Crippen molar-refractivity contribution in [3.63, 3.8) is 0 Å². The first kappa shape index (κ1) is 9.66. The molecule has 0 bridgehead atoms. The van der Waals surface area contributed by atoms with E-state index in [4.69, 9.17) is 5.11 Å². The van der Waals surface area contributed by atoms with Crippen LogP contribution in [0, 0.1) is 0 Å². The van der Waals surface area contributed by atoms with Crippen molar-refractivity contribution in [2.45, 2.75) is 26.0 Å². The quantitative estimate of drug-likeness (QED) is 0.678. The number of aliphatic hydroxyl groups is 1. The number of hydrogen-bond acceptors (Lipinski definition) is 4. The van der Waals surface area contributed by atoms with E-state index in [1.54, 1.807) is 0 Å². The summed E-state index contributed by atoms with van der Waals surface area (Å²) >= 11 is 0. The van der Waals surface area contributed by atoms with Crippen LogP contribution in [-0.4, -0.2) is 30.9 Å². The number of rotatable bonds is 4. The first-order chi connectivity index (χ1) is 6.15. The molecule has 0 saturated carbocycles. The number of aliphatic hydroxyl groups excluding tert-OH is 1. The summed E-state index contributed by atoms with van der Waals surface area (Å²) in [4.78, 5) is 14.1. The second-order valence-corrected chi connectivity index (χ2v) is 2.55. The second-order valence-electron chi connectivity index (χ2n) is 2.55. The van der Waals surface area contributed by atoms with Crippen molar-refractivity contribution in [3.05, 3.63) is 12.2 Å². The first-order valence-electron chi connectivity index (χ1n) is 3.92. The van der Waals surface area contributed by atoms with Gasteiger partial charge < -0.3 is 10.2 Å². The van der Waals surface area contributed by atoms with Crippen LogP contribution in [0.15, 0.2) is 6.33 Å². The van der Waals surface area contributed by atoms with Gasteiger partial charge in [-0.2, -0.15) is 5.10 Å². The number of aromatic nitrogens is 3. The Labute approximate surface area is 74.8 Å². The molecule has 0 radical (unpaired) electrons. The van der Waals surface area contributed by atoms with Crippen molar-refractivity contribution in [1.82, 2.24) is 14.8 Å². The van der Waals surface area contributed by atoms with E-state index in [-0.39, 0.29) is 6.42 Å². The molecule has 2 N–H and O–H groups in total. The Morgan fingerprint density at radius 3 is 3.00 bits per heavy atom. The van der Waals surface area contributed by atoms with Gasteiger partial charge in [-0.05, 0) is 6.92 Å². The van der Waals surface area contributed by atoms with Gasteiger partial charge in [0.25, 0.3) is 0 Å². The Morgan fingerprint density at radius 2 is 2.46 bits per heavy atom. The summed E-state index contributed by atoms with van der Waals surface area (Å²) in [5, 5.41) is 21.6. The third kappa shape index (κ3) is 2.25. The molecule has 1 aromatic heterocycles. The maximum Gasteiger partial charge on any atom is 0.306 e. The van der Waals surface area contributed by atoms with Crippen molar-refractivity contribution in [3.8, 4) is 0 Å². The van der Waals surface area contributed by atoms with Crippen LogP contribution >= 0.6 is 0 Å². The molecule has 0 aromatic carbocycles. The standard InChI is InChI=1S/C7H11N3O3/c1-2-10-7(8-4-9-10)5(11)3-6(12)13/h4-5,11H,2-3H2,1H3,(H,12,13)/t5-/m1/s1. The molecule has 1 atom stereocenters. The maximum atomic E-state index is 10.3. The third-order valence-corrected chi connectivity index (χ3v) is 1.61. The molecule has 1 rings (SSSR count). The van der Waals surface area contributed by atoms with Crippen LogP contribution in [0.25, 0.3) is 0 Å². The van der Waals surface area contributed by atoms with Crippen LogP contribution in [0.5, 0.6) is 0 Å². The zero-order chi connectivity index (χ0) is 9.84. The van der Waals surface area contributed by atoms with Gasteiger partial charge in [0.15, 0.2) is 5.82 Å². The molecule has 0 saturated heterocycles. The monoisotopic (exact) mass is 185 g/mol. The van der Waals surface area contributed by atoms with Crippen LogP contribution in [0.2, 0.25) is 0 Å². The molecule has 1 aromatic rings. The summed E-state index contributed by atoms with van der Waals surface area (Å²) in [5.74, 6) is -0.761. The minimum atomic E-state index is -1.08. The Hall–Kier alpha value is -1.43. The molecule has 0 aliphatic rings. The van der Waals surface area contributed by atoms with Crippen molar-refractivity contribution in [2.75, 3.05) is 0 Å². The lowest BCUT2D eigenvalue weighted by molar-refractivity contribution is -0.139. The van der Waals surface area contributed by atoms with E-state index in [9.17, 15) is 9.90 Å². The Bertz CT molecular complexity index is 297. The minimum Gasteiger partial charge on any atom is -0.481 e. The lowest BCUT2D eigenvalue weighted by atomic mass is 10.2. The van der Waals surface area contributed by atoms with E-state index in [1.165, 1.54) is 11.0 Å². The molecule has 1 heterocycles. The van der Waals surface area contributed by atoms with Gasteiger partial charge in [0.2, 0.25) is 0 Å². The fourth-order valence-corrected chi connectivity index (χ4v) is 1.03. The Morgan fingerprint density at radius 1 is 1.77 bits per heavy atom. The number of carboxylic acid groups (broad SMARTS) is 1. The van der Waals surface area contributed by atoms with E-state index in [1.807, 2.05) is 6.92 Å². The highest BCUT2D eigenvalue weighted by atomic mass is 16.4. The van der Waals surface area contributed by atoms with Gasteiger partial charge in [-0.3, -0.25) is 4.79 Å². The van der Waals surface area contributed by atoms with Crippen LogP contribution in [0.1, 0.15) is 25.3 Å². The smallest absolute Gasteiger partial charge is 0.306 e. The van der Waals surface area contributed by atoms with E-state index >= 15 is 0 Å². The molecule has 0 fully saturated rings. The fraction of sp³-hybridized carbons (Fsp3) is 0.571. The summed E-state index contributed by atoms with van der Waals surface area (Å²) in [6.45, 7) is 2.40. The number of carboxylic acids is 1. The normalized spacial score (nSPS) is 12.8. The van der Waals surface area contributed by atoms with Crippen LogP contribution in [-0.2, 0) is 11.3 Å². The maximum absolute atomic E-state index is 10.3. The number of carbonyl (C=O) groups is 1. The van der Waals surface area contributed by atoms with Crippen molar-refractivity contribution in [2.24, 2.45) is 0 Å². The summed E-state index contributed by atoms with van der Waals surface area (Å²) in [6.07, 6.45) is -0.136. The summed E-state index contributed by atoms with van der Waals surface area (Å²) < 4.78 is 1.47. The Kier molecular flexibility index (Phi) is 2.97. The number of aliphatic carboxylic acids is 1. The highest BCUT2D eigenvalue weighted by molar-refractivity contribution is 5.67. The van der Waals surface area contributed by atoms with Crippen LogP contribution < -0.4 is 0 Å². The number of hydrogen-bond donors (Lipinski definition) is 2. The zero-order valence-corrected chi connectivity index (χ0v) is 7.21. The van der Waals surface area contributed by atoms with E-state index in [0.717, 1.165) is 0 Å². The average Bonchev–Trinajstić information content (AvgIpc) is 2.49. The van der Waals surface area contributed by atoms with Crippen molar-refractivity contribution < 1.29 is 15.0 Å². The molecule has 0 spiro atoms. The van der Waals surface area contributed by atoms with Crippen molar-refractivity contribution in [1.29, 1.82) is 0 Å². The third-order valence-electron chi connectivity index (χ3n) is 1.61. The second kappa shape index (κ2) is 3.99. The lowest BCUT2D eigenvalue weighted by Gasteiger charge is -2.07. The molecule has 6 nitrogen and oxygen atoms in total. The lowest BCUT2D eigenvalue weighted by Crippen LogP contribution is -2.12. The molecule has 72 valence electrons. The Balaban J connectivity index is 2.75. The molecular formula is C7H11N3O3. The van der Waals surface area contributed by atoms with Gasteiger partial charge in [-0.15, -0.1) is 0 Å². The molecule has 0 amide bonds. The zero-order valence-electron chi connectivity index (χ0n) is 7.21. The van der Waals surface area contributed by atoms with Gasteiger partial charge in [-0.25, -0.2) is 9.67 Å². The minimum absolute atomic E-state index is 0.296. The molecule has 0 unspecified atom stereocenters. The van der Waals surface area contributed by atoms with Crippen LogP contribution in [0.4, 0.5) is 0 Å². The van der Waals surface area contributed by atoms with Crippen molar-refractivity contribution >= 4 is 5.97 Å². The fourth-order valence-electron chi connectivity index (χ4n) is 1.03. The van der Waals surface area contributed by atoms with E-state index in [2.05, 4.69) is 10.1 Å². The predicted octanol–water partition coefficient (Wildman–Crippen LogP) is -0.194. The van der Waals surface area contributed by atoms with E-state index < -0.39 is 12.1 Å². The highest BCUT2D eigenvalue weighted by Crippen LogP contribution is 2.12. The first-order valence-corrected chi connectivity index (χ1v) is 3.92. The average molecular weight is 185 g/mol. The van der Waals surface area contributed by atoms with E-state index in [0.29, 0.717) is 12.4 Å². The molecule has 6 heteroatoms. The molecular weight excluding hydrogens is 174 g/mol. The highest BCUT2D eigenvalue weighted by Gasteiger charge is 2.17. The van der Waals surface area contributed by atoms with Crippen LogP contribution in [0.3, 0.4) is 0 Å². The summed E-state index contributed by atoms with van der Waals surface area (Å²) in [7, 11) is 0. The summed E-state index contributed by atoms with van der Waals surface area (Å²) in [6, 6.07) is 0. The van der Waals surface area contributed by atoms with Gasteiger partial charge >= 0.3 is 5.97 Å². The molecule has 0 aliphatic carbocycles. The SMILES string of the molecule is CCn1ncnc1[C@H](O)CC(=O)O. The van der Waals surface area contributed by atoms with Gasteiger partial charge in [-0.1, -0.05) is 0 Å². The number of nitrogens with zero attached hydrogens (tertiary/aromatic N) is 3. The topological polar surface area (TPSA) is 88.2 Å². The van der Waals surface area contributed by atoms with Gasteiger partial charge in [0, 0.05) is 6.54 Å². The summed E-state index contributed by atoms with van der Waals surface area (Å²) in [5.41, 5.74) is 0. The largest absolute Gasteiger partial charge is 0.481 e. The number of aryl methyl sites for hydroxylation is 1. The molecule has 0 aliphatic heterocycles. The predicted molar refractivity (Wildman–Crippen MR) is 42.9 cm³/mol. The van der Waals surface area contributed by atoms with Gasteiger partial charge in [0.1, 0.15) is 12.4 Å².